The summed E-state index contributed by atoms with van der Waals surface area (Å²) in [5, 5.41) is 19.9. The average molecular weight is 384 g/mol. The van der Waals surface area contributed by atoms with Crippen molar-refractivity contribution in [3.63, 3.8) is 0 Å². The highest BCUT2D eigenvalue weighted by Gasteiger charge is 2.26. The molecule has 0 aliphatic heterocycles. The number of methoxy groups -OCH3 is 1. The van der Waals surface area contributed by atoms with Crippen LogP contribution in [0.5, 0.6) is 0 Å². The topological polar surface area (TPSA) is 99.6 Å². The Bertz CT molecular complexity index is 1110. The molecule has 9 heteroatoms. The molecule has 0 bridgehead atoms. The number of hydrogen-bond acceptors (Lipinski definition) is 6. The summed E-state index contributed by atoms with van der Waals surface area (Å²) in [4.78, 5) is 8.76. The van der Waals surface area contributed by atoms with Gasteiger partial charge in [-0.15, -0.1) is 0 Å². The molecule has 0 saturated carbocycles. The van der Waals surface area contributed by atoms with E-state index in [-0.39, 0.29) is 12.3 Å². The number of nitriles is 1. The summed E-state index contributed by atoms with van der Waals surface area (Å²) >= 11 is 0. The monoisotopic (exact) mass is 384 g/mol. The predicted octanol–water partition coefficient (Wildman–Crippen LogP) is 3.34. The first-order valence-corrected chi connectivity index (χ1v) is 8.40. The number of halogens is 2. The second kappa shape index (κ2) is 7.60. The van der Waals surface area contributed by atoms with Gasteiger partial charge in [0.25, 0.3) is 5.92 Å². The number of aromatic nitrogens is 3. The minimum Gasteiger partial charge on any atom is -0.494 e. The van der Waals surface area contributed by atoms with Crippen molar-refractivity contribution >= 4 is 28.2 Å². The number of hydrogen-bond donors (Lipinski definition) is 2. The van der Waals surface area contributed by atoms with Gasteiger partial charge in [-0.25, -0.2) is 13.8 Å². The van der Waals surface area contributed by atoms with E-state index in [9.17, 15) is 14.0 Å². The third kappa shape index (κ3) is 3.91. The lowest BCUT2D eigenvalue weighted by atomic mass is 10.1. The second-order valence-corrected chi connectivity index (χ2v) is 6.30. The SMILES string of the molecule is CO/C(C=N)=C/NCc1nc2cnc3ccc(C#N)cc3c2n1CC(C)(F)F. The zero-order valence-electron chi connectivity index (χ0n) is 15.3. The van der Waals surface area contributed by atoms with Crippen molar-refractivity contribution in [3.05, 3.63) is 47.7 Å². The van der Waals surface area contributed by atoms with Crippen molar-refractivity contribution in [2.45, 2.75) is 25.9 Å². The van der Waals surface area contributed by atoms with Crippen molar-refractivity contribution in [2.24, 2.45) is 0 Å². The summed E-state index contributed by atoms with van der Waals surface area (Å²) < 4.78 is 34.2. The van der Waals surface area contributed by atoms with Gasteiger partial charge in [0.05, 0.1) is 55.3 Å². The predicted molar refractivity (Wildman–Crippen MR) is 101 cm³/mol. The molecular weight excluding hydrogens is 366 g/mol. The van der Waals surface area contributed by atoms with Gasteiger partial charge in [0.1, 0.15) is 11.3 Å². The fourth-order valence-electron chi connectivity index (χ4n) is 2.92. The highest BCUT2D eigenvalue weighted by molar-refractivity contribution is 6.02. The smallest absolute Gasteiger partial charge is 0.262 e. The maximum Gasteiger partial charge on any atom is 0.262 e. The van der Waals surface area contributed by atoms with E-state index in [1.807, 2.05) is 0 Å². The third-order valence-electron chi connectivity index (χ3n) is 4.10. The van der Waals surface area contributed by atoms with E-state index in [1.165, 1.54) is 24.1 Å². The molecule has 3 rings (SSSR count). The summed E-state index contributed by atoms with van der Waals surface area (Å²) in [7, 11) is 1.43. The summed E-state index contributed by atoms with van der Waals surface area (Å²) in [6.07, 6.45) is 4.02. The van der Waals surface area contributed by atoms with Crippen molar-refractivity contribution < 1.29 is 13.5 Å². The highest BCUT2D eigenvalue weighted by atomic mass is 19.3. The number of pyridine rings is 1. The van der Waals surface area contributed by atoms with E-state index in [0.717, 1.165) is 13.1 Å². The molecule has 0 aliphatic rings. The number of alkyl halides is 2. The van der Waals surface area contributed by atoms with E-state index < -0.39 is 12.5 Å². The maximum atomic E-state index is 13.9. The number of allylic oxidation sites excluding steroid dienone is 1. The molecule has 0 fully saturated rings. The van der Waals surface area contributed by atoms with Crippen LogP contribution in [0.25, 0.3) is 21.9 Å². The van der Waals surface area contributed by atoms with Gasteiger partial charge >= 0.3 is 0 Å². The molecule has 1 aromatic carbocycles. The number of nitrogens with one attached hydrogen (secondary N) is 2. The Kier molecular flexibility index (Phi) is 5.22. The molecule has 2 N–H and O–H groups in total. The number of nitrogens with zero attached hydrogens (tertiary/aromatic N) is 4. The quantitative estimate of drug-likeness (QED) is 0.481. The van der Waals surface area contributed by atoms with Crippen molar-refractivity contribution in [1.82, 2.24) is 19.9 Å². The third-order valence-corrected chi connectivity index (χ3v) is 4.10. The summed E-state index contributed by atoms with van der Waals surface area (Å²) in [5.74, 6) is -2.30. The lowest BCUT2D eigenvalue weighted by molar-refractivity contribution is 0.00423. The van der Waals surface area contributed by atoms with Crippen LogP contribution in [0.4, 0.5) is 8.78 Å². The molecule has 2 heterocycles. The highest BCUT2D eigenvalue weighted by Crippen LogP contribution is 2.28. The number of fused-ring (bicyclic) bond motifs is 3. The summed E-state index contributed by atoms with van der Waals surface area (Å²) in [5.41, 5.74) is 1.98. The number of ether oxygens (including phenoxy) is 1. The fraction of sp³-hybridized carbons (Fsp3) is 0.263. The molecule has 0 unspecified atom stereocenters. The van der Waals surface area contributed by atoms with Crippen LogP contribution in [-0.2, 0) is 17.8 Å². The molecular formula is C19H18F2N6O. The number of imidazole rings is 1. The lowest BCUT2D eigenvalue weighted by Crippen LogP contribution is -2.22. The molecule has 144 valence electrons. The zero-order valence-corrected chi connectivity index (χ0v) is 15.3. The molecule has 7 nitrogen and oxygen atoms in total. The van der Waals surface area contributed by atoms with Gasteiger partial charge in [-0.1, -0.05) is 0 Å². The van der Waals surface area contributed by atoms with Crippen LogP contribution in [0.15, 0.2) is 36.4 Å². The fourth-order valence-corrected chi connectivity index (χ4v) is 2.92. The Hall–Kier alpha value is -3.54. The molecule has 28 heavy (non-hydrogen) atoms. The first-order chi connectivity index (χ1) is 13.4. The van der Waals surface area contributed by atoms with Gasteiger partial charge in [0.15, 0.2) is 5.76 Å². The van der Waals surface area contributed by atoms with E-state index in [2.05, 4.69) is 21.4 Å². The number of rotatable bonds is 7. The lowest BCUT2D eigenvalue weighted by Gasteiger charge is -2.15. The van der Waals surface area contributed by atoms with Gasteiger partial charge in [-0.2, -0.15) is 5.26 Å². The first-order valence-electron chi connectivity index (χ1n) is 8.40. The van der Waals surface area contributed by atoms with Crippen LogP contribution in [0.3, 0.4) is 0 Å². The van der Waals surface area contributed by atoms with Crippen LogP contribution in [0, 0.1) is 16.7 Å². The second-order valence-electron chi connectivity index (χ2n) is 6.30. The molecule has 0 saturated heterocycles. The molecule has 0 aliphatic carbocycles. The van der Waals surface area contributed by atoms with Gasteiger partial charge in [0, 0.05) is 18.5 Å². The van der Waals surface area contributed by atoms with Crippen molar-refractivity contribution in [3.8, 4) is 6.07 Å². The largest absolute Gasteiger partial charge is 0.494 e. The van der Waals surface area contributed by atoms with E-state index in [0.29, 0.717) is 33.3 Å². The Morgan fingerprint density at radius 3 is 2.86 bits per heavy atom. The zero-order chi connectivity index (χ0) is 20.3. The van der Waals surface area contributed by atoms with Crippen molar-refractivity contribution in [2.75, 3.05) is 7.11 Å². The molecule has 2 aromatic heterocycles. The average Bonchev–Trinajstić information content (AvgIpc) is 3.01. The Morgan fingerprint density at radius 1 is 1.43 bits per heavy atom. The Balaban J connectivity index is 2.16. The van der Waals surface area contributed by atoms with Gasteiger partial charge < -0.3 is 20.0 Å². The Labute approximate surface area is 159 Å². The minimum atomic E-state index is -2.96. The van der Waals surface area contributed by atoms with E-state index in [1.54, 1.807) is 18.2 Å². The van der Waals surface area contributed by atoms with Crippen LogP contribution < -0.4 is 5.32 Å². The molecule has 0 atom stereocenters. The standard InChI is InChI=1S/C19H18F2N6O/c1-19(20,21)11-27-17(10-24-8-13(7-23)28-2)26-16-9-25-15-4-3-12(6-22)5-14(15)18(16)27/h3-5,7-9,23-24H,10-11H2,1-2H3/b13-8+,23-7?. The minimum absolute atomic E-state index is 0.144. The number of benzene rings is 1. The van der Waals surface area contributed by atoms with Crippen LogP contribution in [-0.4, -0.2) is 33.8 Å². The van der Waals surface area contributed by atoms with Gasteiger partial charge in [0.2, 0.25) is 0 Å². The van der Waals surface area contributed by atoms with Crippen LogP contribution in [0.1, 0.15) is 18.3 Å². The summed E-state index contributed by atoms with van der Waals surface area (Å²) in [6.45, 7) is 0.421. The van der Waals surface area contributed by atoms with E-state index >= 15 is 0 Å². The summed E-state index contributed by atoms with van der Waals surface area (Å²) in [6, 6.07) is 7.00. The maximum absolute atomic E-state index is 13.9. The van der Waals surface area contributed by atoms with Gasteiger partial charge in [-0.3, -0.25) is 4.98 Å². The molecule has 0 radical (unpaired) electrons. The normalized spacial score (nSPS) is 12.2. The van der Waals surface area contributed by atoms with Crippen molar-refractivity contribution in [1.29, 1.82) is 10.7 Å². The van der Waals surface area contributed by atoms with Crippen LogP contribution >= 0.6 is 0 Å². The van der Waals surface area contributed by atoms with E-state index in [4.69, 9.17) is 10.1 Å². The molecule has 0 amide bonds. The van der Waals surface area contributed by atoms with Crippen LogP contribution in [0.2, 0.25) is 0 Å². The molecule has 0 spiro atoms. The van der Waals surface area contributed by atoms with Gasteiger partial charge in [-0.05, 0) is 18.2 Å². The first kappa shape index (κ1) is 19.2. The Morgan fingerprint density at radius 2 is 2.21 bits per heavy atom. The molecule has 3 aromatic rings.